The molecule has 18 heavy (non-hydrogen) atoms. The van der Waals surface area contributed by atoms with Crippen molar-refractivity contribution in [3.8, 4) is 5.69 Å². The van der Waals surface area contributed by atoms with E-state index >= 15 is 0 Å². The van der Waals surface area contributed by atoms with Crippen LogP contribution in [0.25, 0.3) is 5.69 Å². The molecule has 6 heteroatoms. The molecule has 1 heterocycles. The van der Waals surface area contributed by atoms with Crippen LogP contribution in [-0.2, 0) is 6.61 Å². The van der Waals surface area contributed by atoms with Gasteiger partial charge in [-0.15, -0.1) is 5.10 Å². The van der Waals surface area contributed by atoms with E-state index in [0.29, 0.717) is 15.7 Å². The third-order valence-electron chi connectivity index (χ3n) is 2.62. The first-order chi connectivity index (χ1) is 8.54. The second-order valence-electron chi connectivity index (χ2n) is 4.24. The normalized spacial score (nSPS) is 11.2. The van der Waals surface area contributed by atoms with Crippen LogP contribution in [0.5, 0.6) is 0 Å². The van der Waals surface area contributed by atoms with E-state index in [2.05, 4.69) is 10.3 Å². The van der Waals surface area contributed by atoms with Crippen molar-refractivity contribution in [1.82, 2.24) is 15.0 Å². The molecule has 0 atom stereocenters. The monoisotopic (exact) mass is 285 g/mol. The summed E-state index contributed by atoms with van der Waals surface area (Å²) in [5.74, 6) is 0.191. The second kappa shape index (κ2) is 5.26. The minimum Gasteiger partial charge on any atom is -0.390 e. The van der Waals surface area contributed by atoms with E-state index in [1.807, 2.05) is 19.9 Å². The summed E-state index contributed by atoms with van der Waals surface area (Å²) in [6.07, 6.45) is 0. The van der Waals surface area contributed by atoms with Gasteiger partial charge in [-0.05, 0) is 24.1 Å². The molecule has 1 N–H and O–H groups in total. The summed E-state index contributed by atoms with van der Waals surface area (Å²) in [6, 6.07) is 5.26. The number of halogens is 2. The number of hydrogen-bond acceptors (Lipinski definition) is 3. The number of nitrogens with zero attached hydrogens (tertiary/aromatic N) is 3. The van der Waals surface area contributed by atoms with E-state index < -0.39 is 0 Å². The molecule has 0 aliphatic heterocycles. The largest absolute Gasteiger partial charge is 0.390 e. The quantitative estimate of drug-likeness (QED) is 0.942. The average molecular weight is 286 g/mol. The topological polar surface area (TPSA) is 50.9 Å². The minimum atomic E-state index is -0.130. The molecule has 1 aromatic heterocycles. The third-order valence-corrected chi connectivity index (χ3v) is 3.36. The molecule has 0 saturated carbocycles. The molecule has 2 aromatic rings. The van der Waals surface area contributed by atoms with Crippen molar-refractivity contribution in [2.45, 2.75) is 26.4 Å². The molecule has 0 bridgehead atoms. The Balaban J connectivity index is 2.56. The second-order valence-corrected chi connectivity index (χ2v) is 5.06. The summed E-state index contributed by atoms with van der Waals surface area (Å²) in [7, 11) is 0. The Morgan fingerprint density at radius 2 is 2.00 bits per heavy atom. The number of benzene rings is 1. The lowest BCUT2D eigenvalue weighted by Gasteiger charge is -2.11. The van der Waals surface area contributed by atoms with E-state index in [9.17, 15) is 5.11 Å². The predicted octanol–water partition coefficient (Wildman–Crippen LogP) is 3.19. The molecule has 0 fully saturated rings. The minimum absolute atomic E-state index is 0.130. The SMILES string of the molecule is CC(C)c1c(CO)nnn1-c1ccc(Cl)c(Cl)c1. The summed E-state index contributed by atoms with van der Waals surface area (Å²) in [6.45, 7) is 3.91. The highest BCUT2D eigenvalue weighted by Crippen LogP contribution is 2.27. The van der Waals surface area contributed by atoms with Crippen LogP contribution in [0, 0.1) is 0 Å². The summed E-state index contributed by atoms with van der Waals surface area (Å²) in [5.41, 5.74) is 2.23. The van der Waals surface area contributed by atoms with Gasteiger partial charge in [0.2, 0.25) is 0 Å². The molecule has 2 rings (SSSR count). The molecule has 0 amide bonds. The summed E-state index contributed by atoms with van der Waals surface area (Å²) < 4.78 is 1.68. The zero-order chi connectivity index (χ0) is 13.3. The van der Waals surface area contributed by atoms with Gasteiger partial charge in [-0.25, -0.2) is 4.68 Å². The van der Waals surface area contributed by atoms with Gasteiger partial charge in [0, 0.05) is 0 Å². The summed E-state index contributed by atoms with van der Waals surface area (Å²) in [4.78, 5) is 0. The van der Waals surface area contributed by atoms with Gasteiger partial charge in [0.25, 0.3) is 0 Å². The lowest BCUT2D eigenvalue weighted by molar-refractivity contribution is 0.275. The van der Waals surface area contributed by atoms with Crippen LogP contribution in [0.4, 0.5) is 0 Å². The zero-order valence-corrected chi connectivity index (χ0v) is 11.6. The van der Waals surface area contributed by atoms with Gasteiger partial charge in [0.05, 0.1) is 28.0 Å². The summed E-state index contributed by atoms with van der Waals surface area (Å²) in [5, 5.41) is 18.2. The molecule has 1 aromatic carbocycles. The van der Waals surface area contributed by atoms with E-state index in [0.717, 1.165) is 11.4 Å². The number of aliphatic hydroxyl groups excluding tert-OH is 1. The molecular formula is C12H13Cl2N3O. The van der Waals surface area contributed by atoms with Crippen molar-refractivity contribution in [3.63, 3.8) is 0 Å². The molecule has 0 aliphatic carbocycles. The Bertz CT molecular complexity index is 566. The van der Waals surface area contributed by atoms with Gasteiger partial charge >= 0.3 is 0 Å². The van der Waals surface area contributed by atoms with Gasteiger partial charge in [0.15, 0.2) is 0 Å². The van der Waals surface area contributed by atoms with Crippen LogP contribution in [0.2, 0.25) is 10.0 Å². The van der Waals surface area contributed by atoms with Crippen LogP contribution >= 0.6 is 23.2 Å². The van der Waals surface area contributed by atoms with Gasteiger partial charge in [-0.2, -0.15) is 0 Å². The fourth-order valence-electron chi connectivity index (χ4n) is 1.82. The highest BCUT2D eigenvalue weighted by Gasteiger charge is 2.17. The van der Waals surface area contributed by atoms with Gasteiger partial charge in [-0.3, -0.25) is 0 Å². The number of rotatable bonds is 3. The Morgan fingerprint density at radius 1 is 1.28 bits per heavy atom. The molecule has 0 radical (unpaired) electrons. The highest BCUT2D eigenvalue weighted by molar-refractivity contribution is 6.42. The number of hydrogen-bond donors (Lipinski definition) is 1. The average Bonchev–Trinajstić information content (AvgIpc) is 2.76. The van der Waals surface area contributed by atoms with Crippen LogP contribution in [0.1, 0.15) is 31.2 Å². The predicted molar refractivity (Wildman–Crippen MR) is 71.4 cm³/mol. The van der Waals surface area contributed by atoms with Crippen molar-refractivity contribution < 1.29 is 5.11 Å². The fourth-order valence-corrected chi connectivity index (χ4v) is 2.11. The third kappa shape index (κ3) is 2.36. The Labute approximate surface area is 115 Å². The van der Waals surface area contributed by atoms with E-state index in [-0.39, 0.29) is 12.5 Å². The molecular weight excluding hydrogens is 273 g/mol. The van der Waals surface area contributed by atoms with E-state index in [4.69, 9.17) is 23.2 Å². The Morgan fingerprint density at radius 3 is 2.56 bits per heavy atom. The maximum absolute atomic E-state index is 9.26. The van der Waals surface area contributed by atoms with Crippen molar-refractivity contribution in [1.29, 1.82) is 0 Å². The first kappa shape index (κ1) is 13.3. The maximum atomic E-state index is 9.26. The lowest BCUT2D eigenvalue weighted by atomic mass is 10.1. The van der Waals surface area contributed by atoms with Gasteiger partial charge < -0.3 is 5.11 Å². The van der Waals surface area contributed by atoms with Crippen molar-refractivity contribution >= 4 is 23.2 Å². The van der Waals surface area contributed by atoms with Crippen molar-refractivity contribution in [2.75, 3.05) is 0 Å². The lowest BCUT2D eigenvalue weighted by Crippen LogP contribution is -2.05. The van der Waals surface area contributed by atoms with Gasteiger partial charge in [0.1, 0.15) is 5.69 Å². The maximum Gasteiger partial charge on any atom is 0.112 e. The highest BCUT2D eigenvalue weighted by atomic mass is 35.5. The van der Waals surface area contributed by atoms with E-state index in [1.54, 1.807) is 16.8 Å². The zero-order valence-electron chi connectivity index (χ0n) is 10.1. The molecule has 0 saturated heterocycles. The first-order valence-corrected chi connectivity index (χ1v) is 6.31. The van der Waals surface area contributed by atoms with Crippen LogP contribution < -0.4 is 0 Å². The fraction of sp³-hybridized carbons (Fsp3) is 0.333. The van der Waals surface area contributed by atoms with Crippen LogP contribution in [-0.4, -0.2) is 20.1 Å². The summed E-state index contributed by atoms with van der Waals surface area (Å²) >= 11 is 11.9. The molecule has 0 spiro atoms. The molecule has 4 nitrogen and oxygen atoms in total. The van der Waals surface area contributed by atoms with E-state index in [1.165, 1.54) is 0 Å². The molecule has 96 valence electrons. The number of aromatic nitrogens is 3. The van der Waals surface area contributed by atoms with Crippen LogP contribution in [0.15, 0.2) is 18.2 Å². The standard InChI is InChI=1S/C12H13Cl2N3O/c1-7(2)12-11(6-18)15-16-17(12)8-3-4-9(13)10(14)5-8/h3-5,7,18H,6H2,1-2H3. The smallest absolute Gasteiger partial charge is 0.112 e. The Kier molecular flexibility index (Phi) is 3.90. The molecule has 0 unspecified atom stereocenters. The van der Waals surface area contributed by atoms with Crippen LogP contribution in [0.3, 0.4) is 0 Å². The Hall–Kier alpha value is -1.10. The number of aliphatic hydroxyl groups is 1. The van der Waals surface area contributed by atoms with Crippen molar-refractivity contribution in [3.05, 3.63) is 39.6 Å². The van der Waals surface area contributed by atoms with Gasteiger partial charge in [-0.1, -0.05) is 42.3 Å². The molecule has 0 aliphatic rings. The first-order valence-electron chi connectivity index (χ1n) is 5.55. The van der Waals surface area contributed by atoms with Crippen molar-refractivity contribution in [2.24, 2.45) is 0 Å².